The molecule has 2 rings (SSSR count). The summed E-state index contributed by atoms with van der Waals surface area (Å²) in [5.74, 6) is -3.06. The molecule has 0 amide bonds. The largest absolute Gasteiger partial charge is 0.507 e. The summed E-state index contributed by atoms with van der Waals surface area (Å²) >= 11 is 0. The first-order valence-corrected chi connectivity index (χ1v) is 5.04. The summed E-state index contributed by atoms with van der Waals surface area (Å²) in [6, 6.07) is 1.22. The average molecular weight is 234 g/mol. The molecule has 0 atom stereocenters. The Hall–Kier alpha value is -2.30. The molecule has 5 nitrogen and oxygen atoms in total. The first kappa shape index (κ1) is 11.2. The molecule has 0 spiro atoms. The Balaban J connectivity index is 2.85. The topological polar surface area (TPSA) is 94.8 Å². The molecule has 0 heterocycles. The predicted octanol–water partition coefficient (Wildman–Crippen LogP) is 1.32. The van der Waals surface area contributed by atoms with Gasteiger partial charge in [0, 0.05) is 6.08 Å². The van der Waals surface area contributed by atoms with Crippen LogP contribution in [0.2, 0.25) is 0 Å². The number of fused-ring (bicyclic) bond motifs is 1. The molecular formula is C12H10O5. The van der Waals surface area contributed by atoms with Crippen molar-refractivity contribution in [2.75, 3.05) is 0 Å². The van der Waals surface area contributed by atoms with Crippen LogP contribution in [0.15, 0.2) is 12.1 Å². The van der Waals surface area contributed by atoms with Crippen LogP contribution in [0.1, 0.15) is 28.4 Å². The van der Waals surface area contributed by atoms with Crippen molar-refractivity contribution < 1.29 is 24.9 Å². The summed E-state index contributed by atoms with van der Waals surface area (Å²) in [4.78, 5) is 22.8. The summed E-state index contributed by atoms with van der Waals surface area (Å²) < 4.78 is 0. The molecule has 88 valence electrons. The number of aliphatic hydroxyl groups is 1. The van der Waals surface area contributed by atoms with Gasteiger partial charge in [-0.1, -0.05) is 6.92 Å². The van der Waals surface area contributed by atoms with E-state index in [0.29, 0.717) is 12.0 Å². The molecule has 1 aromatic carbocycles. The van der Waals surface area contributed by atoms with Crippen molar-refractivity contribution in [2.45, 2.75) is 13.3 Å². The smallest absolute Gasteiger partial charge is 0.237 e. The van der Waals surface area contributed by atoms with Crippen LogP contribution in [0.5, 0.6) is 11.5 Å². The van der Waals surface area contributed by atoms with Crippen molar-refractivity contribution in [1.82, 2.24) is 0 Å². The summed E-state index contributed by atoms with van der Waals surface area (Å²) in [6.07, 6.45) is 1.16. The molecule has 0 unspecified atom stereocenters. The number of hydrogen-bond acceptors (Lipinski definition) is 5. The Bertz CT molecular complexity index is 569. The second-order valence-electron chi connectivity index (χ2n) is 3.73. The number of carbonyl (C=O) groups excluding carboxylic acids is 2. The van der Waals surface area contributed by atoms with Gasteiger partial charge in [-0.2, -0.15) is 0 Å². The molecule has 0 saturated heterocycles. The molecule has 5 heteroatoms. The highest BCUT2D eigenvalue weighted by molar-refractivity contribution is 6.51. The Kier molecular flexibility index (Phi) is 2.38. The number of phenolic OH excluding ortho intramolecular Hbond substituents is 2. The fourth-order valence-corrected chi connectivity index (χ4v) is 1.85. The summed E-state index contributed by atoms with van der Waals surface area (Å²) in [7, 11) is 0. The zero-order valence-electron chi connectivity index (χ0n) is 9.02. The number of ketones is 2. The lowest BCUT2D eigenvalue weighted by atomic mass is 9.89. The minimum Gasteiger partial charge on any atom is -0.507 e. The first-order chi connectivity index (χ1) is 7.97. The van der Waals surface area contributed by atoms with Crippen molar-refractivity contribution in [3.8, 4) is 11.5 Å². The average Bonchev–Trinajstić information content (AvgIpc) is 2.28. The second kappa shape index (κ2) is 3.62. The molecule has 0 aromatic heterocycles. The van der Waals surface area contributed by atoms with E-state index in [0.717, 1.165) is 6.08 Å². The Morgan fingerprint density at radius 3 is 2.35 bits per heavy atom. The number of carbonyl (C=O) groups is 2. The summed E-state index contributed by atoms with van der Waals surface area (Å²) in [5.41, 5.74) is -0.125. The van der Waals surface area contributed by atoms with Gasteiger partial charge in [-0.25, -0.2) is 0 Å². The van der Waals surface area contributed by atoms with E-state index in [1.165, 1.54) is 6.07 Å². The van der Waals surface area contributed by atoms with Gasteiger partial charge in [-0.15, -0.1) is 0 Å². The molecule has 0 radical (unpaired) electrons. The number of aryl methyl sites for hydroxylation is 1. The molecule has 1 aliphatic rings. The number of allylic oxidation sites excluding steroid dienone is 1. The highest BCUT2D eigenvalue weighted by atomic mass is 16.3. The van der Waals surface area contributed by atoms with Crippen LogP contribution in [0.3, 0.4) is 0 Å². The maximum Gasteiger partial charge on any atom is 0.237 e. The fraction of sp³-hybridized carbons (Fsp3) is 0.167. The van der Waals surface area contributed by atoms with Crippen molar-refractivity contribution in [3.05, 3.63) is 28.8 Å². The molecule has 17 heavy (non-hydrogen) atoms. The van der Waals surface area contributed by atoms with Gasteiger partial charge < -0.3 is 15.3 Å². The van der Waals surface area contributed by atoms with Crippen molar-refractivity contribution in [1.29, 1.82) is 0 Å². The number of aromatic hydroxyl groups is 2. The normalized spacial score (nSPS) is 14.5. The third-order valence-electron chi connectivity index (χ3n) is 2.71. The van der Waals surface area contributed by atoms with E-state index in [-0.39, 0.29) is 16.9 Å². The fourth-order valence-electron chi connectivity index (χ4n) is 1.85. The summed E-state index contributed by atoms with van der Waals surface area (Å²) in [5, 5.41) is 29.1. The maximum absolute atomic E-state index is 11.6. The zero-order valence-corrected chi connectivity index (χ0v) is 9.02. The van der Waals surface area contributed by atoms with Crippen LogP contribution in [0.25, 0.3) is 5.76 Å². The van der Waals surface area contributed by atoms with E-state index in [1.807, 2.05) is 0 Å². The number of aliphatic hydroxyl groups excluding tert-OH is 1. The zero-order chi connectivity index (χ0) is 12.7. The predicted molar refractivity (Wildman–Crippen MR) is 59.1 cm³/mol. The van der Waals surface area contributed by atoms with Crippen LogP contribution < -0.4 is 0 Å². The lowest BCUT2D eigenvalue weighted by Crippen LogP contribution is -2.19. The number of benzene rings is 1. The number of phenols is 2. The van der Waals surface area contributed by atoms with Crippen LogP contribution >= 0.6 is 0 Å². The van der Waals surface area contributed by atoms with E-state index >= 15 is 0 Å². The SMILES string of the molecule is CCc1cc(O)c2c(c1O)C(O)=CC(=O)C2=O. The molecule has 3 N–H and O–H groups in total. The van der Waals surface area contributed by atoms with E-state index in [1.54, 1.807) is 6.92 Å². The molecule has 1 aromatic rings. The lowest BCUT2D eigenvalue weighted by Gasteiger charge is -2.17. The molecular weight excluding hydrogens is 224 g/mol. The Labute approximate surface area is 96.6 Å². The van der Waals surface area contributed by atoms with Crippen molar-refractivity contribution in [2.24, 2.45) is 0 Å². The van der Waals surface area contributed by atoms with Crippen molar-refractivity contribution >= 4 is 17.3 Å². The van der Waals surface area contributed by atoms with Gasteiger partial charge in [-0.05, 0) is 18.1 Å². The first-order valence-electron chi connectivity index (χ1n) is 5.04. The number of Topliss-reactive ketones (excluding diaryl/α,β-unsaturated/α-hetero) is 1. The van der Waals surface area contributed by atoms with Gasteiger partial charge >= 0.3 is 0 Å². The van der Waals surface area contributed by atoms with Crippen molar-refractivity contribution in [3.63, 3.8) is 0 Å². The highest BCUT2D eigenvalue weighted by Crippen LogP contribution is 2.39. The van der Waals surface area contributed by atoms with E-state index in [2.05, 4.69) is 0 Å². The Morgan fingerprint density at radius 1 is 1.12 bits per heavy atom. The van der Waals surface area contributed by atoms with Gasteiger partial charge in [0.1, 0.15) is 17.3 Å². The number of rotatable bonds is 1. The Morgan fingerprint density at radius 2 is 1.76 bits per heavy atom. The van der Waals surface area contributed by atoms with E-state index in [9.17, 15) is 24.9 Å². The standard InChI is InChI=1S/C12H10O5/c1-2-5-3-6(13)10-9(11(5)16)7(14)4-8(15)12(10)17/h3-4,13-14,16H,2H2,1H3. The molecule has 0 fully saturated rings. The summed E-state index contributed by atoms with van der Waals surface area (Å²) in [6.45, 7) is 1.75. The van der Waals surface area contributed by atoms with Gasteiger partial charge in [-0.3, -0.25) is 9.59 Å². The number of hydrogen-bond donors (Lipinski definition) is 3. The van der Waals surface area contributed by atoms with Crippen LogP contribution in [0, 0.1) is 0 Å². The van der Waals surface area contributed by atoms with Crippen LogP contribution in [-0.4, -0.2) is 26.9 Å². The minimum atomic E-state index is -0.937. The third kappa shape index (κ3) is 1.47. The van der Waals surface area contributed by atoms with Gasteiger partial charge in [0.2, 0.25) is 11.6 Å². The quantitative estimate of drug-likeness (QED) is 0.503. The van der Waals surface area contributed by atoms with Crippen LogP contribution in [0.4, 0.5) is 0 Å². The monoisotopic (exact) mass is 234 g/mol. The lowest BCUT2D eigenvalue weighted by molar-refractivity contribution is -0.111. The van der Waals surface area contributed by atoms with Crippen LogP contribution in [-0.2, 0) is 11.2 Å². The molecule has 0 bridgehead atoms. The van der Waals surface area contributed by atoms with Gasteiger partial charge in [0.25, 0.3) is 0 Å². The molecule has 0 aliphatic heterocycles. The van der Waals surface area contributed by atoms with Gasteiger partial charge in [0.15, 0.2) is 0 Å². The molecule has 1 aliphatic carbocycles. The highest BCUT2D eigenvalue weighted by Gasteiger charge is 2.32. The second-order valence-corrected chi connectivity index (χ2v) is 3.73. The molecule has 0 saturated carbocycles. The minimum absolute atomic E-state index is 0.175. The van der Waals surface area contributed by atoms with Gasteiger partial charge in [0.05, 0.1) is 11.1 Å². The third-order valence-corrected chi connectivity index (χ3v) is 2.71. The van der Waals surface area contributed by atoms with E-state index < -0.39 is 23.1 Å². The maximum atomic E-state index is 11.6. The van der Waals surface area contributed by atoms with E-state index in [4.69, 9.17) is 0 Å².